The molecule has 1 aromatic heterocycles. The van der Waals surface area contributed by atoms with E-state index in [0.29, 0.717) is 43.9 Å². The van der Waals surface area contributed by atoms with Crippen LogP contribution in [0.2, 0.25) is 0 Å². The predicted octanol–water partition coefficient (Wildman–Crippen LogP) is 1.61. The molecular weight excluding hydrogens is 210 g/mol. The zero-order valence-corrected chi connectivity index (χ0v) is 9.06. The van der Waals surface area contributed by atoms with Crippen LogP contribution in [0.1, 0.15) is 28.8 Å². The van der Waals surface area contributed by atoms with Crippen LogP contribution in [0.15, 0.2) is 10.5 Å². The normalized spacial score (nSPS) is 14.4. The average Bonchev–Trinajstić information content (AvgIpc) is 2.70. The Morgan fingerprint density at radius 1 is 1.69 bits per heavy atom. The summed E-state index contributed by atoms with van der Waals surface area (Å²) < 4.78 is 10.2. The highest BCUT2D eigenvalue weighted by Crippen LogP contribution is 2.22. The van der Waals surface area contributed by atoms with E-state index in [-0.39, 0.29) is 6.09 Å². The highest BCUT2D eigenvalue weighted by atomic mass is 16.6. The molecule has 1 aliphatic rings. The molecule has 1 aliphatic heterocycles. The Kier molecular flexibility index (Phi) is 2.94. The highest BCUT2D eigenvalue weighted by molar-refractivity contribution is 5.72. The maximum atomic E-state index is 11.5. The van der Waals surface area contributed by atoms with Gasteiger partial charge in [-0.05, 0) is 25.0 Å². The third-order valence-electron chi connectivity index (χ3n) is 2.54. The first-order valence-electron chi connectivity index (χ1n) is 5.23. The number of amides is 1. The van der Waals surface area contributed by atoms with Gasteiger partial charge in [-0.1, -0.05) is 0 Å². The summed E-state index contributed by atoms with van der Waals surface area (Å²) in [5.74, 6) is 0.997. The summed E-state index contributed by atoms with van der Waals surface area (Å²) in [6, 6.07) is 1.73. The monoisotopic (exact) mass is 223 g/mol. The summed E-state index contributed by atoms with van der Waals surface area (Å²) in [6.07, 6.45) is 1.04. The van der Waals surface area contributed by atoms with Gasteiger partial charge in [0.05, 0.1) is 13.2 Å². The van der Waals surface area contributed by atoms with Crippen LogP contribution in [0.3, 0.4) is 0 Å². The summed E-state index contributed by atoms with van der Waals surface area (Å²) in [4.78, 5) is 23.6. The lowest BCUT2D eigenvalue weighted by atomic mass is 10.1. The number of hydrogen-bond donors (Lipinski definition) is 0. The van der Waals surface area contributed by atoms with Gasteiger partial charge in [0.25, 0.3) is 0 Å². The Morgan fingerprint density at radius 3 is 3.19 bits per heavy atom. The van der Waals surface area contributed by atoms with Gasteiger partial charge in [-0.3, -0.25) is 4.79 Å². The van der Waals surface area contributed by atoms with Crippen molar-refractivity contribution >= 4 is 12.4 Å². The van der Waals surface area contributed by atoms with Gasteiger partial charge in [0.2, 0.25) is 0 Å². The van der Waals surface area contributed by atoms with Crippen molar-refractivity contribution in [3.8, 4) is 0 Å². The Labute approximate surface area is 93.0 Å². The second kappa shape index (κ2) is 4.38. The third kappa shape index (κ3) is 1.93. The second-order valence-electron chi connectivity index (χ2n) is 3.59. The second-order valence-corrected chi connectivity index (χ2v) is 3.59. The largest absolute Gasteiger partial charge is 0.456 e. The van der Waals surface area contributed by atoms with E-state index in [2.05, 4.69) is 0 Å². The van der Waals surface area contributed by atoms with Crippen molar-refractivity contribution in [2.45, 2.75) is 19.9 Å². The summed E-state index contributed by atoms with van der Waals surface area (Å²) in [6.45, 7) is 3.11. The molecule has 1 aromatic rings. The van der Waals surface area contributed by atoms with E-state index in [1.807, 2.05) is 0 Å². The van der Waals surface area contributed by atoms with E-state index in [4.69, 9.17) is 9.15 Å². The van der Waals surface area contributed by atoms with Gasteiger partial charge in [-0.2, -0.15) is 0 Å². The molecule has 0 aromatic carbocycles. The number of fused-ring (bicyclic) bond motifs is 1. The molecule has 0 saturated carbocycles. The minimum Gasteiger partial charge on any atom is -0.456 e. The summed E-state index contributed by atoms with van der Waals surface area (Å²) in [5.41, 5.74) is 1.00. The van der Waals surface area contributed by atoms with Crippen molar-refractivity contribution in [3.63, 3.8) is 0 Å². The van der Waals surface area contributed by atoms with Crippen LogP contribution in [0.5, 0.6) is 0 Å². The number of nitrogens with zero attached hydrogens (tertiary/aromatic N) is 1. The van der Waals surface area contributed by atoms with E-state index >= 15 is 0 Å². The smallest absolute Gasteiger partial charge is 0.410 e. The first-order chi connectivity index (χ1) is 7.74. The van der Waals surface area contributed by atoms with Gasteiger partial charge in [-0.25, -0.2) is 4.79 Å². The fourth-order valence-electron chi connectivity index (χ4n) is 1.77. The van der Waals surface area contributed by atoms with Crippen molar-refractivity contribution in [3.05, 3.63) is 23.2 Å². The molecule has 2 heterocycles. The lowest BCUT2D eigenvalue weighted by Gasteiger charge is -2.24. The van der Waals surface area contributed by atoms with Crippen LogP contribution < -0.4 is 0 Å². The molecular formula is C11H13NO4. The standard InChI is InChI=1S/C11H13NO4/c1-2-15-11(14)12-4-3-8-5-9(7-13)16-10(8)6-12/h5,7H,2-4,6H2,1H3. The number of ether oxygens (including phenoxy) is 1. The molecule has 0 fully saturated rings. The summed E-state index contributed by atoms with van der Waals surface area (Å²) in [7, 11) is 0. The molecule has 0 unspecified atom stereocenters. The molecule has 1 amide bonds. The van der Waals surface area contributed by atoms with Gasteiger partial charge >= 0.3 is 6.09 Å². The Hall–Kier alpha value is -1.78. The van der Waals surface area contributed by atoms with Crippen LogP contribution >= 0.6 is 0 Å². The zero-order chi connectivity index (χ0) is 11.5. The molecule has 0 spiro atoms. The molecule has 86 valence electrons. The predicted molar refractivity (Wildman–Crippen MR) is 55.2 cm³/mol. The quantitative estimate of drug-likeness (QED) is 0.714. The van der Waals surface area contributed by atoms with Gasteiger partial charge in [0.1, 0.15) is 5.76 Å². The van der Waals surface area contributed by atoms with Crippen LogP contribution in [0.25, 0.3) is 0 Å². The first kappa shape index (κ1) is 10.7. The van der Waals surface area contributed by atoms with Crippen LogP contribution in [-0.4, -0.2) is 30.4 Å². The van der Waals surface area contributed by atoms with Crippen LogP contribution in [0.4, 0.5) is 4.79 Å². The fraction of sp³-hybridized carbons (Fsp3) is 0.455. The molecule has 0 radical (unpaired) electrons. The fourth-order valence-corrected chi connectivity index (χ4v) is 1.77. The Morgan fingerprint density at radius 2 is 2.50 bits per heavy atom. The molecule has 0 N–H and O–H groups in total. The van der Waals surface area contributed by atoms with Crippen molar-refractivity contribution in [2.24, 2.45) is 0 Å². The number of rotatable bonds is 2. The molecule has 2 rings (SSSR count). The Bertz CT molecular complexity index is 410. The molecule has 5 nitrogen and oxygen atoms in total. The number of carbonyl (C=O) groups is 2. The van der Waals surface area contributed by atoms with E-state index in [9.17, 15) is 9.59 Å². The molecule has 0 bridgehead atoms. The van der Waals surface area contributed by atoms with Crippen LogP contribution in [-0.2, 0) is 17.7 Å². The molecule has 16 heavy (non-hydrogen) atoms. The van der Waals surface area contributed by atoms with Gasteiger partial charge in [0.15, 0.2) is 12.0 Å². The zero-order valence-electron chi connectivity index (χ0n) is 9.06. The van der Waals surface area contributed by atoms with Crippen LogP contribution in [0, 0.1) is 0 Å². The number of hydrogen-bond acceptors (Lipinski definition) is 4. The third-order valence-corrected chi connectivity index (χ3v) is 2.54. The highest BCUT2D eigenvalue weighted by Gasteiger charge is 2.24. The van der Waals surface area contributed by atoms with E-state index < -0.39 is 0 Å². The minimum atomic E-state index is -0.336. The maximum absolute atomic E-state index is 11.5. The van der Waals surface area contributed by atoms with Crippen molar-refractivity contribution < 1.29 is 18.7 Å². The van der Waals surface area contributed by atoms with Crippen molar-refractivity contribution in [2.75, 3.05) is 13.2 Å². The van der Waals surface area contributed by atoms with Crippen molar-refractivity contribution in [1.29, 1.82) is 0 Å². The number of aldehydes is 1. The molecule has 0 aliphatic carbocycles. The minimum absolute atomic E-state index is 0.315. The van der Waals surface area contributed by atoms with E-state index in [0.717, 1.165) is 5.56 Å². The summed E-state index contributed by atoms with van der Waals surface area (Å²) in [5, 5.41) is 0. The van der Waals surface area contributed by atoms with Gasteiger partial charge in [-0.15, -0.1) is 0 Å². The first-order valence-corrected chi connectivity index (χ1v) is 5.23. The van der Waals surface area contributed by atoms with E-state index in [1.165, 1.54) is 0 Å². The summed E-state index contributed by atoms with van der Waals surface area (Å²) >= 11 is 0. The molecule has 5 heteroatoms. The SMILES string of the molecule is CCOC(=O)N1CCc2cc(C=O)oc2C1. The van der Waals surface area contributed by atoms with E-state index in [1.54, 1.807) is 17.9 Å². The molecule has 0 saturated heterocycles. The van der Waals surface area contributed by atoms with Gasteiger partial charge in [0, 0.05) is 6.54 Å². The lowest BCUT2D eigenvalue weighted by Crippen LogP contribution is -2.35. The van der Waals surface area contributed by atoms with Gasteiger partial charge < -0.3 is 14.1 Å². The number of carbonyl (C=O) groups excluding carboxylic acids is 2. The van der Waals surface area contributed by atoms with Crippen molar-refractivity contribution in [1.82, 2.24) is 4.90 Å². The lowest BCUT2D eigenvalue weighted by molar-refractivity contribution is 0.0985. The topological polar surface area (TPSA) is 59.8 Å². The number of furan rings is 1. The molecule has 0 atom stereocenters. The maximum Gasteiger partial charge on any atom is 0.410 e. The Balaban J connectivity index is 2.10. The average molecular weight is 223 g/mol.